The van der Waals surface area contributed by atoms with Crippen LogP contribution in [0, 0.1) is 12.3 Å². The maximum atomic E-state index is 13.9. The Bertz CT molecular complexity index is 1230. The predicted octanol–water partition coefficient (Wildman–Crippen LogP) is 7.18. The zero-order valence-corrected chi connectivity index (χ0v) is 22.3. The van der Waals surface area contributed by atoms with Crippen LogP contribution in [0.1, 0.15) is 50.6 Å². The number of aryl methyl sites for hydroxylation is 1. The number of nitrogens with zero attached hydrogens (tertiary/aromatic N) is 2. The Hall–Kier alpha value is -2.39. The highest BCUT2D eigenvalue weighted by molar-refractivity contribution is 9.10. The van der Waals surface area contributed by atoms with Crippen LogP contribution in [0.4, 0.5) is 13.2 Å². The highest BCUT2D eigenvalue weighted by Gasteiger charge is 2.34. The summed E-state index contributed by atoms with van der Waals surface area (Å²) in [6.45, 7) is 7.85. The van der Waals surface area contributed by atoms with Crippen molar-refractivity contribution < 1.29 is 27.4 Å². The molecule has 0 spiro atoms. The van der Waals surface area contributed by atoms with Crippen molar-refractivity contribution in [2.45, 2.75) is 59.9 Å². The van der Waals surface area contributed by atoms with Crippen molar-refractivity contribution in [2.75, 3.05) is 13.7 Å². The third-order valence-corrected chi connectivity index (χ3v) is 6.33. The number of ether oxygens (including phenoxy) is 2. The molecule has 0 bridgehead atoms. The van der Waals surface area contributed by atoms with E-state index < -0.39 is 30.2 Å². The van der Waals surface area contributed by atoms with Crippen LogP contribution in [0.3, 0.4) is 0 Å². The van der Waals surface area contributed by atoms with Crippen LogP contribution in [0.2, 0.25) is 0 Å². The summed E-state index contributed by atoms with van der Waals surface area (Å²) in [5, 5.41) is 0.701. The summed E-state index contributed by atoms with van der Waals surface area (Å²) in [6, 6.07) is 7.13. The van der Waals surface area contributed by atoms with Gasteiger partial charge >= 0.3 is 12.1 Å². The fourth-order valence-electron chi connectivity index (χ4n) is 4.26. The van der Waals surface area contributed by atoms with E-state index in [9.17, 15) is 18.0 Å². The Balaban J connectivity index is 2.40. The van der Waals surface area contributed by atoms with Crippen LogP contribution in [0.25, 0.3) is 22.2 Å². The number of carbonyl (C=O) groups excluding carboxylic acids is 1. The van der Waals surface area contributed by atoms with E-state index in [0.717, 1.165) is 15.6 Å². The van der Waals surface area contributed by atoms with Crippen molar-refractivity contribution in [2.24, 2.45) is 5.41 Å². The lowest BCUT2D eigenvalue weighted by Gasteiger charge is -2.26. The molecule has 0 saturated carbocycles. The second-order valence-corrected chi connectivity index (χ2v) is 10.6. The first-order valence-electron chi connectivity index (χ1n) is 11.2. The van der Waals surface area contributed by atoms with E-state index >= 15 is 0 Å². The molecule has 9 heteroatoms. The highest BCUT2D eigenvalue weighted by Crippen LogP contribution is 2.42. The normalized spacial score (nSPS) is 13.3. The number of aromatic nitrogens is 2. The zero-order valence-electron chi connectivity index (χ0n) is 20.7. The van der Waals surface area contributed by atoms with Gasteiger partial charge in [-0.1, -0.05) is 29.8 Å². The molecule has 35 heavy (non-hydrogen) atoms. The van der Waals surface area contributed by atoms with Crippen LogP contribution in [0.15, 0.2) is 34.9 Å². The third-order valence-electron chi connectivity index (χ3n) is 5.84. The summed E-state index contributed by atoms with van der Waals surface area (Å²) in [4.78, 5) is 16.0. The minimum absolute atomic E-state index is 0.134. The van der Waals surface area contributed by atoms with Gasteiger partial charge in [-0.25, -0.2) is 0 Å². The summed E-state index contributed by atoms with van der Waals surface area (Å²) in [5.41, 5.74) is 3.08. The smallest absolute Gasteiger partial charge is 0.406 e. The van der Waals surface area contributed by atoms with Gasteiger partial charge < -0.3 is 14.0 Å². The highest BCUT2D eigenvalue weighted by atomic mass is 79.9. The van der Waals surface area contributed by atoms with Crippen molar-refractivity contribution in [3.05, 3.63) is 51.8 Å². The maximum Gasteiger partial charge on any atom is 0.406 e. The van der Waals surface area contributed by atoms with Gasteiger partial charge in [0.25, 0.3) is 0 Å². The minimum Gasteiger partial charge on any atom is -0.465 e. The predicted molar refractivity (Wildman–Crippen MR) is 133 cm³/mol. The van der Waals surface area contributed by atoms with Crippen molar-refractivity contribution in [1.29, 1.82) is 0 Å². The Morgan fingerprint density at radius 2 is 1.91 bits per heavy atom. The number of rotatable bonds is 8. The summed E-state index contributed by atoms with van der Waals surface area (Å²) in [7, 11) is 1.54. The number of alkyl halides is 3. The molecule has 0 saturated heterocycles. The van der Waals surface area contributed by atoms with E-state index in [1.165, 1.54) is 11.5 Å². The first kappa shape index (κ1) is 27.2. The molecule has 1 aromatic carbocycles. The molecule has 0 amide bonds. The fraction of sp³-hybridized carbons (Fsp3) is 0.462. The van der Waals surface area contributed by atoms with Gasteiger partial charge in [-0.2, -0.15) is 13.2 Å². The largest absolute Gasteiger partial charge is 0.465 e. The van der Waals surface area contributed by atoms with E-state index in [-0.39, 0.29) is 6.61 Å². The lowest BCUT2D eigenvalue weighted by Crippen LogP contribution is -2.24. The van der Waals surface area contributed by atoms with Gasteiger partial charge in [-0.3, -0.25) is 9.78 Å². The van der Waals surface area contributed by atoms with Crippen molar-refractivity contribution in [1.82, 2.24) is 9.55 Å². The molecular weight excluding hydrogens is 525 g/mol. The number of halogens is 4. The van der Waals surface area contributed by atoms with E-state index in [2.05, 4.69) is 20.9 Å². The van der Waals surface area contributed by atoms with Crippen molar-refractivity contribution in [3.63, 3.8) is 0 Å². The molecule has 3 aromatic rings. The molecule has 0 aliphatic rings. The van der Waals surface area contributed by atoms with Crippen LogP contribution in [-0.2, 0) is 27.2 Å². The molecule has 190 valence electrons. The first-order valence-corrected chi connectivity index (χ1v) is 12.0. The molecule has 3 rings (SSSR count). The summed E-state index contributed by atoms with van der Waals surface area (Å²) >= 11 is 3.47. The standard InChI is InChI=1S/C26H30BrF3N2O3/c1-15-9-20(23(31-12-15)16(2)34-6)24-21(11-25(4,5)14-35-17(3)33)19-10-18(27)7-8-22(19)32(24)13-26(28,29)30/h7-10,12,16H,11,13-14H2,1-6H3/t16-/m0/s1. The quantitative estimate of drug-likeness (QED) is 0.277. The van der Waals surface area contributed by atoms with Crippen molar-refractivity contribution >= 4 is 32.8 Å². The fourth-order valence-corrected chi connectivity index (χ4v) is 4.62. The van der Waals surface area contributed by atoms with E-state index in [1.54, 1.807) is 25.4 Å². The molecule has 2 aromatic heterocycles. The second kappa shape index (κ2) is 10.3. The SMILES string of the molecule is CO[C@@H](C)c1ncc(C)cc1-c1c(CC(C)(C)COC(C)=O)c2cc(Br)ccc2n1CC(F)(F)F. The van der Waals surface area contributed by atoms with Gasteiger partial charge in [-0.15, -0.1) is 0 Å². The number of esters is 1. The Labute approximate surface area is 211 Å². The molecule has 0 radical (unpaired) electrons. The summed E-state index contributed by atoms with van der Waals surface area (Å²) in [6.07, 6.45) is -2.81. The van der Waals surface area contributed by atoms with Crippen molar-refractivity contribution in [3.8, 4) is 11.3 Å². The Kier molecular flexibility index (Phi) is 8.01. The minimum atomic E-state index is -4.44. The average molecular weight is 555 g/mol. The number of hydrogen-bond donors (Lipinski definition) is 0. The number of carbonyl (C=O) groups is 1. The van der Waals surface area contributed by atoms with Crippen LogP contribution >= 0.6 is 15.9 Å². The van der Waals surface area contributed by atoms with Gasteiger partial charge in [0.15, 0.2) is 0 Å². The first-order chi connectivity index (χ1) is 16.2. The molecule has 5 nitrogen and oxygen atoms in total. The number of hydrogen-bond acceptors (Lipinski definition) is 4. The molecule has 0 aliphatic heterocycles. The van der Waals surface area contributed by atoms with E-state index in [0.29, 0.717) is 34.3 Å². The molecule has 0 fully saturated rings. The molecular formula is C26H30BrF3N2O3. The zero-order chi connectivity index (χ0) is 26.1. The third kappa shape index (κ3) is 6.44. The Morgan fingerprint density at radius 1 is 1.23 bits per heavy atom. The topological polar surface area (TPSA) is 53.4 Å². The summed E-state index contributed by atoms with van der Waals surface area (Å²) < 4.78 is 54.5. The van der Waals surface area contributed by atoms with Gasteiger partial charge in [0, 0.05) is 46.6 Å². The number of methoxy groups -OCH3 is 1. The maximum absolute atomic E-state index is 13.9. The lowest BCUT2D eigenvalue weighted by molar-refractivity contribution is -0.144. The molecule has 0 unspecified atom stereocenters. The average Bonchev–Trinajstić information content (AvgIpc) is 3.02. The van der Waals surface area contributed by atoms with Gasteiger partial charge in [-0.05, 0) is 55.7 Å². The Morgan fingerprint density at radius 3 is 2.51 bits per heavy atom. The molecule has 0 N–H and O–H groups in total. The number of pyridine rings is 1. The van der Waals surface area contributed by atoms with Gasteiger partial charge in [0.2, 0.25) is 0 Å². The number of fused-ring (bicyclic) bond motifs is 1. The van der Waals surface area contributed by atoms with Gasteiger partial charge in [0.1, 0.15) is 6.54 Å². The molecule has 2 heterocycles. The molecule has 1 atom stereocenters. The van der Waals surface area contributed by atoms with Gasteiger partial charge in [0.05, 0.1) is 24.1 Å². The van der Waals surface area contributed by atoms with Crippen LogP contribution in [-0.4, -0.2) is 35.4 Å². The van der Waals surface area contributed by atoms with Crippen LogP contribution in [0.5, 0.6) is 0 Å². The second-order valence-electron chi connectivity index (χ2n) is 9.63. The van der Waals surface area contributed by atoms with E-state index in [4.69, 9.17) is 9.47 Å². The molecule has 0 aliphatic carbocycles. The number of benzene rings is 1. The van der Waals surface area contributed by atoms with E-state index in [1.807, 2.05) is 39.8 Å². The lowest BCUT2D eigenvalue weighted by atomic mass is 9.84. The summed E-state index contributed by atoms with van der Waals surface area (Å²) in [5.74, 6) is -0.403. The van der Waals surface area contributed by atoms with Crippen LogP contribution < -0.4 is 0 Å². The monoisotopic (exact) mass is 554 g/mol.